The SMILES string of the molecule is Cc1cscc1C(O)Cc1ncccc1C. The molecule has 2 aromatic heterocycles. The average Bonchev–Trinajstić information content (AvgIpc) is 2.68. The normalized spacial score (nSPS) is 12.7. The minimum Gasteiger partial charge on any atom is -0.388 e. The monoisotopic (exact) mass is 233 g/mol. The number of rotatable bonds is 3. The summed E-state index contributed by atoms with van der Waals surface area (Å²) < 4.78 is 0. The Bertz CT molecular complexity index is 478. The highest BCUT2D eigenvalue weighted by Gasteiger charge is 2.13. The first-order valence-corrected chi connectivity index (χ1v) is 6.24. The number of aromatic nitrogens is 1. The van der Waals surface area contributed by atoms with Gasteiger partial charge in [0.2, 0.25) is 0 Å². The van der Waals surface area contributed by atoms with Crippen molar-refractivity contribution in [2.75, 3.05) is 0 Å². The fourth-order valence-corrected chi connectivity index (χ4v) is 2.63. The fourth-order valence-electron chi connectivity index (χ4n) is 1.74. The van der Waals surface area contributed by atoms with Crippen molar-refractivity contribution in [2.45, 2.75) is 26.4 Å². The summed E-state index contributed by atoms with van der Waals surface area (Å²) in [5.74, 6) is 0. The molecule has 0 amide bonds. The molecule has 16 heavy (non-hydrogen) atoms. The molecular formula is C13H15NOS. The number of hydrogen-bond donors (Lipinski definition) is 1. The average molecular weight is 233 g/mol. The van der Waals surface area contributed by atoms with Crippen LogP contribution in [0, 0.1) is 13.8 Å². The molecule has 0 aliphatic carbocycles. The lowest BCUT2D eigenvalue weighted by molar-refractivity contribution is 0.177. The van der Waals surface area contributed by atoms with Gasteiger partial charge < -0.3 is 5.11 Å². The predicted octanol–water partition coefficient (Wildman–Crippen LogP) is 3.04. The van der Waals surface area contributed by atoms with Gasteiger partial charge in [0, 0.05) is 18.3 Å². The summed E-state index contributed by atoms with van der Waals surface area (Å²) in [6, 6.07) is 3.94. The van der Waals surface area contributed by atoms with Crippen LogP contribution in [0.3, 0.4) is 0 Å². The summed E-state index contributed by atoms with van der Waals surface area (Å²) in [5.41, 5.74) is 4.29. The highest BCUT2D eigenvalue weighted by Crippen LogP contribution is 2.24. The van der Waals surface area contributed by atoms with Crippen molar-refractivity contribution in [3.63, 3.8) is 0 Å². The molecule has 1 unspecified atom stereocenters. The molecule has 2 rings (SSSR count). The molecule has 0 aliphatic heterocycles. The number of thiophene rings is 1. The Morgan fingerprint density at radius 1 is 1.31 bits per heavy atom. The van der Waals surface area contributed by atoms with Gasteiger partial charge in [0.15, 0.2) is 0 Å². The summed E-state index contributed by atoms with van der Waals surface area (Å²) >= 11 is 1.63. The maximum absolute atomic E-state index is 10.1. The molecule has 0 saturated heterocycles. The zero-order valence-electron chi connectivity index (χ0n) is 9.47. The Labute approximate surface area is 99.6 Å². The van der Waals surface area contributed by atoms with Crippen LogP contribution in [0.4, 0.5) is 0 Å². The van der Waals surface area contributed by atoms with E-state index < -0.39 is 6.10 Å². The number of aryl methyl sites for hydroxylation is 2. The second-order valence-electron chi connectivity index (χ2n) is 4.00. The van der Waals surface area contributed by atoms with Crippen LogP contribution in [-0.4, -0.2) is 10.1 Å². The summed E-state index contributed by atoms with van der Waals surface area (Å²) in [6.45, 7) is 4.05. The van der Waals surface area contributed by atoms with Gasteiger partial charge in [0.05, 0.1) is 6.10 Å². The number of nitrogens with zero attached hydrogens (tertiary/aromatic N) is 1. The van der Waals surface area contributed by atoms with Crippen LogP contribution >= 0.6 is 11.3 Å². The summed E-state index contributed by atoms with van der Waals surface area (Å²) in [5, 5.41) is 14.2. The fraction of sp³-hybridized carbons (Fsp3) is 0.308. The van der Waals surface area contributed by atoms with Crippen molar-refractivity contribution in [3.05, 3.63) is 51.5 Å². The van der Waals surface area contributed by atoms with Gasteiger partial charge in [0.25, 0.3) is 0 Å². The van der Waals surface area contributed by atoms with E-state index in [1.54, 1.807) is 17.5 Å². The first-order valence-electron chi connectivity index (χ1n) is 5.29. The third-order valence-electron chi connectivity index (χ3n) is 2.76. The quantitative estimate of drug-likeness (QED) is 0.884. The lowest BCUT2D eigenvalue weighted by Gasteiger charge is -2.11. The zero-order chi connectivity index (χ0) is 11.5. The molecule has 2 nitrogen and oxygen atoms in total. The van der Waals surface area contributed by atoms with Gasteiger partial charge in [-0.3, -0.25) is 4.98 Å². The van der Waals surface area contributed by atoms with Crippen molar-refractivity contribution in [2.24, 2.45) is 0 Å². The third-order valence-corrected chi connectivity index (χ3v) is 3.64. The largest absolute Gasteiger partial charge is 0.388 e. The van der Waals surface area contributed by atoms with Gasteiger partial charge in [-0.05, 0) is 47.4 Å². The molecule has 1 atom stereocenters. The molecule has 0 radical (unpaired) electrons. The van der Waals surface area contributed by atoms with Crippen molar-refractivity contribution in [1.29, 1.82) is 0 Å². The summed E-state index contributed by atoms with van der Waals surface area (Å²) in [6.07, 6.45) is 1.92. The number of pyridine rings is 1. The second-order valence-corrected chi connectivity index (χ2v) is 4.74. The smallest absolute Gasteiger partial charge is 0.0856 e. The molecule has 2 heterocycles. The van der Waals surface area contributed by atoms with E-state index in [-0.39, 0.29) is 0 Å². The van der Waals surface area contributed by atoms with E-state index in [0.717, 1.165) is 22.4 Å². The Morgan fingerprint density at radius 3 is 2.75 bits per heavy atom. The van der Waals surface area contributed by atoms with E-state index in [1.807, 2.05) is 31.4 Å². The lowest BCUT2D eigenvalue weighted by atomic mass is 10.0. The van der Waals surface area contributed by atoms with E-state index in [1.165, 1.54) is 0 Å². The molecule has 2 aromatic rings. The first kappa shape index (κ1) is 11.3. The number of aliphatic hydroxyl groups is 1. The zero-order valence-corrected chi connectivity index (χ0v) is 10.3. The van der Waals surface area contributed by atoms with Crippen molar-refractivity contribution >= 4 is 11.3 Å². The van der Waals surface area contributed by atoms with Gasteiger partial charge >= 0.3 is 0 Å². The van der Waals surface area contributed by atoms with E-state index >= 15 is 0 Å². The number of hydrogen-bond acceptors (Lipinski definition) is 3. The van der Waals surface area contributed by atoms with Gasteiger partial charge in [-0.25, -0.2) is 0 Å². The van der Waals surface area contributed by atoms with Gasteiger partial charge in [-0.2, -0.15) is 11.3 Å². The molecule has 0 aromatic carbocycles. The van der Waals surface area contributed by atoms with Crippen LogP contribution in [0.25, 0.3) is 0 Å². The lowest BCUT2D eigenvalue weighted by Crippen LogP contribution is -2.05. The van der Waals surface area contributed by atoms with E-state index in [9.17, 15) is 5.11 Å². The van der Waals surface area contributed by atoms with Gasteiger partial charge in [-0.1, -0.05) is 6.07 Å². The molecule has 0 saturated carbocycles. The molecule has 0 bridgehead atoms. The van der Waals surface area contributed by atoms with Crippen molar-refractivity contribution in [1.82, 2.24) is 4.98 Å². The molecule has 1 N–H and O–H groups in total. The number of aliphatic hydroxyl groups excluding tert-OH is 1. The van der Waals surface area contributed by atoms with Crippen molar-refractivity contribution < 1.29 is 5.11 Å². The standard InChI is InChI=1S/C13H15NOS/c1-9-4-3-5-14-12(9)6-13(15)11-8-16-7-10(11)2/h3-5,7-8,13,15H,6H2,1-2H3. The van der Waals surface area contributed by atoms with Crippen molar-refractivity contribution in [3.8, 4) is 0 Å². The molecule has 84 valence electrons. The summed E-state index contributed by atoms with van der Waals surface area (Å²) in [7, 11) is 0. The van der Waals surface area contributed by atoms with Crippen LogP contribution in [0.2, 0.25) is 0 Å². The van der Waals surface area contributed by atoms with E-state index in [4.69, 9.17) is 0 Å². The topological polar surface area (TPSA) is 33.1 Å². The van der Waals surface area contributed by atoms with Crippen LogP contribution in [0.1, 0.15) is 28.5 Å². The van der Waals surface area contributed by atoms with Gasteiger partial charge in [-0.15, -0.1) is 0 Å². The Kier molecular flexibility index (Phi) is 3.36. The minimum atomic E-state index is -0.445. The molecule has 0 aliphatic rings. The van der Waals surface area contributed by atoms with Crippen LogP contribution in [0.15, 0.2) is 29.1 Å². The Hall–Kier alpha value is -1.19. The molecule has 0 fully saturated rings. The van der Waals surface area contributed by atoms with Crippen LogP contribution < -0.4 is 0 Å². The Morgan fingerprint density at radius 2 is 2.12 bits per heavy atom. The van der Waals surface area contributed by atoms with Crippen LogP contribution in [0.5, 0.6) is 0 Å². The highest BCUT2D eigenvalue weighted by atomic mass is 32.1. The Balaban J connectivity index is 2.17. The van der Waals surface area contributed by atoms with Gasteiger partial charge in [0.1, 0.15) is 0 Å². The minimum absolute atomic E-state index is 0.445. The molecule has 0 spiro atoms. The van der Waals surface area contributed by atoms with E-state index in [0.29, 0.717) is 6.42 Å². The second kappa shape index (κ2) is 4.76. The third kappa shape index (κ3) is 2.31. The maximum atomic E-state index is 10.1. The highest BCUT2D eigenvalue weighted by molar-refractivity contribution is 7.08. The summed E-state index contributed by atoms with van der Waals surface area (Å²) in [4.78, 5) is 4.30. The maximum Gasteiger partial charge on any atom is 0.0856 e. The molecular weight excluding hydrogens is 218 g/mol. The van der Waals surface area contributed by atoms with Crippen LogP contribution in [-0.2, 0) is 6.42 Å². The predicted molar refractivity (Wildman–Crippen MR) is 66.7 cm³/mol. The van der Waals surface area contributed by atoms with E-state index in [2.05, 4.69) is 10.4 Å². The molecule has 3 heteroatoms. The first-order chi connectivity index (χ1) is 7.68.